The number of nitrogens with zero attached hydrogens (tertiary/aromatic N) is 1. The SMILES string of the molecule is NC(=O)CCC(NC(=O)C(CO)NC(=O)C(N)Cc1c[nH]c2ccccc12)C(=O)N1CCCC1C(=O)O. The van der Waals surface area contributed by atoms with E-state index in [0.29, 0.717) is 6.42 Å². The van der Waals surface area contributed by atoms with E-state index in [0.717, 1.165) is 21.4 Å². The Labute approximate surface area is 212 Å². The first kappa shape index (κ1) is 27.6. The van der Waals surface area contributed by atoms with Crippen LogP contribution in [0.25, 0.3) is 10.9 Å². The van der Waals surface area contributed by atoms with Crippen molar-refractivity contribution in [1.82, 2.24) is 20.5 Å². The molecule has 1 fully saturated rings. The number of para-hydroxylation sites is 1. The first-order chi connectivity index (χ1) is 17.6. The van der Waals surface area contributed by atoms with Gasteiger partial charge in [0.2, 0.25) is 23.6 Å². The summed E-state index contributed by atoms with van der Waals surface area (Å²) in [6.45, 7) is -0.600. The van der Waals surface area contributed by atoms with E-state index in [4.69, 9.17) is 11.5 Å². The molecule has 4 unspecified atom stereocenters. The van der Waals surface area contributed by atoms with Crippen LogP contribution in [0, 0.1) is 0 Å². The number of amides is 4. The van der Waals surface area contributed by atoms with Crippen molar-refractivity contribution in [2.75, 3.05) is 13.2 Å². The van der Waals surface area contributed by atoms with Gasteiger partial charge >= 0.3 is 5.97 Å². The first-order valence-corrected chi connectivity index (χ1v) is 12.0. The lowest BCUT2D eigenvalue weighted by molar-refractivity contribution is -0.149. The van der Waals surface area contributed by atoms with E-state index in [1.165, 1.54) is 0 Å². The fourth-order valence-corrected chi connectivity index (χ4v) is 4.41. The molecular weight excluding hydrogens is 484 g/mol. The Morgan fingerprint density at radius 3 is 2.49 bits per heavy atom. The van der Waals surface area contributed by atoms with Crippen LogP contribution in [0.3, 0.4) is 0 Å². The number of benzene rings is 1. The number of carboxylic acid groups (broad SMARTS) is 1. The van der Waals surface area contributed by atoms with Gasteiger partial charge in [0.15, 0.2) is 0 Å². The maximum atomic E-state index is 13.1. The number of nitrogens with two attached hydrogens (primary N) is 2. The van der Waals surface area contributed by atoms with Crippen LogP contribution in [0.15, 0.2) is 30.5 Å². The number of hydrogen-bond acceptors (Lipinski definition) is 7. The van der Waals surface area contributed by atoms with E-state index >= 15 is 0 Å². The maximum absolute atomic E-state index is 13.1. The highest BCUT2D eigenvalue weighted by Crippen LogP contribution is 2.20. The maximum Gasteiger partial charge on any atom is 0.326 e. The number of fused-ring (bicyclic) bond motifs is 1. The molecule has 4 atom stereocenters. The van der Waals surface area contributed by atoms with Crippen LogP contribution >= 0.6 is 0 Å². The van der Waals surface area contributed by atoms with Crippen LogP contribution in [0.4, 0.5) is 0 Å². The second kappa shape index (κ2) is 12.3. The van der Waals surface area contributed by atoms with E-state index in [9.17, 15) is 34.2 Å². The molecule has 1 aliphatic heterocycles. The summed E-state index contributed by atoms with van der Waals surface area (Å²) in [4.78, 5) is 65.7. The summed E-state index contributed by atoms with van der Waals surface area (Å²) in [5, 5.41) is 24.9. The molecular formula is C24H32N6O7. The van der Waals surface area contributed by atoms with Gasteiger partial charge in [-0.25, -0.2) is 4.79 Å². The quantitative estimate of drug-likeness (QED) is 0.173. The molecule has 13 nitrogen and oxygen atoms in total. The molecule has 0 spiro atoms. The van der Waals surface area contributed by atoms with Gasteiger partial charge in [-0.05, 0) is 37.3 Å². The van der Waals surface area contributed by atoms with Gasteiger partial charge in [0.25, 0.3) is 0 Å². The number of aromatic nitrogens is 1. The van der Waals surface area contributed by atoms with Crippen LogP contribution in [0.1, 0.15) is 31.2 Å². The van der Waals surface area contributed by atoms with Crippen molar-refractivity contribution in [2.24, 2.45) is 11.5 Å². The van der Waals surface area contributed by atoms with E-state index in [2.05, 4.69) is 15.6 Å². The highest BCUT2D eigenvalue weighted by atomic mass is 16.4. The van der Waals surface area contributed by atoms with Crippen molar-refractivity contribution in [3.05, 3.63) is 36.0 Å². The first-order valence-electron chi connectivity index (χ1n) is 12.0. The molecule has 0 aliphatic carbocycles. The van der Waals surface area contributed by atoms with Crippen LogP contribution in [-0.2, 0) is 30.4 Å². The predicted molar refractivity (Wildman–Crippen MR) is 132 cm³/mol. The predicted octanol–water partition coefficient (Wildman–Crippen LogP) is -1.66. The number of nitrogens with one attached hydrogen (secondary N) is 3. The number of H-pyrrole nitrogens is 1. The number of primary amides is 1. The summed E-state index contributed by atoms with van der Waals surface area (Å²) >= 11 is 0. The van der Waals surface area contributed by atoms with Crippen molar-refractivity contribution in [3.8, 4) is 0 Å². The molecule has 13 heteroatoms. The number of carboxylic acids is 1. The number of rotatable bonds is 12. The van der Waals surface area contributed by atoms with Crippen LogP contribution in [0.5, 0.6) is 0 Å². The Morgan fingerprint density at radius 2 is 1.81 bits per heavy atom. The minimum Gasteiger partial charge on any atom is -0.480 e. The van der Waals surface area contributed by atoms with Gasteiger partial charge in [0.1, 0.15) is 18.1 Å². The highest BCUT2D eigenvalue weighted by molar-refractivity contribution is 5.95. The zero-order chi connectivity index (χ0) is 27.1. The number of aromatic amines is 1. The molecule has 9 N–H and O–H groups in total. The third-order valence-electron chi connectivity index (χ3n) is 6.38. The second-order valence-electron chi connectivity index (χ2n) is 9.01. The molecule has 37 heavy (non-hydrogen) atoms. The number of carbonyl (C=O) groups excluding carboxylic acids is 4. The highest BCUT2D eigenvalue weighted by Gasteiger charge is 2.38. The molecule has 1 aliphatic rings. The van der Waals surface area contributed by atoms with E-state index in [1.807, 2.05) is 24.3 Å². The molecule has 3 rings (SSSR count). The topological polar surface area (TPSA) is 221 Å². The van der Waals surface area contributed by atoms with E-state index < -0.39 is 60.4 Å². The number of hydrogen-bond donors (Lipinski definition) is 7. The lowest BCUT2D eigenvalue weighted by Crippen LogP contribution is -2.58. The van der Waals surface area contributed by atoms with Gasteiger partial charge < -0.3 is 42.2 Å². The Hall–Kier alpha value is -3.97. The Morgan fingerprint density at radius 1 is 1.11 bits per heavy atom. The third kappa shape index (κ3) is 6.83. The molecule has 0 bridgehead atoms. The zero-order valence-corrected chi connectivity index (χ0v) is 20.2. The van der Waals surface area contributed by atoms with Gasteiger partial charge in [0, 0.05) is 30.1 Å². The van der Waals surface area contributed by atoms with Crippen LogP contribution in [-0.4, -0.2) is 87.0 Å². The largest absolute Gasteiger partial charge is 0.480 e. The lowest BCUT2D eigenvalue weighted by atomic mass is 10.0. The van der Waals surface area contributed by atoms with Crippen molar-refractivity contribution in [1.29, 1.82) is 0 Å². The monoisotopic (exact) mass is 516 g/mol. The summed E-state index contributed by atoms with van der Waals surface area (Å²) in [7, 11) is 0. The molecule has 1 aromatic carbocycles. The minimum absolute atomic E-state index is 0.168. The van der Waals surface area contributed by atoms with E-state index in [-0.39, 0.29) is 32.2 Å². The zero-order valence-electron chi connectivity index (χ0n) is 20.2. The average molecular weight is 517 g/mol. The number of aliphatic carboxylic acids is 1. The summed E-state index contributed by atoms with van der Waals surface area (Å²) in [6.07, 6.45) is 2.24. The Kier molecular flexibility index (Phi) is 9.20. The second-order valence-corrected chi connectivity index (χ2v) is 9.01. The number of aliphatic hydroxyl groups excluding tert-OH is 1. The number of carbonyl (C=O) groups is 5. The standard InChI is InChI=1S/C24H32N6O7/c25-15(10-13-11-27-16-5-2-1-4-14(13)16)21(33)29-18(12-31)22(34)28-17(7-8-20(26)32)23(35)30-9-3-6-19(30)24(36)37/h1-2,4-5,11,15,17-19,27,31H,3,6-10,12,25H2,(H2,26,32)(H,28,34)(H,29,33)(H,36,37). The van der Waals surface area contributed by atoms with Crippen LogP contribution in [0.2, 0.25) is 0 Å². The van der Waals surface area contributed by atoms with Crippen molar-refractivity contribution in [3.63, 3.8) is 0 Å². The smallest absolute Gasteiger partial charge is 0.326 e. The van der Waals surface area contributed by atoms with Crippen molar-refractivity contribution in [2.45, 2.75) is 56.3 Å². The fraction of sp³-hybridized carbons (Fsp3) is 0.458. The molecule has 2 heterocycles. The molecule has 0 radical (unpaired) electrons. The normalized spacial score (nSPS) is 17.7. The molecule has 4 amide bonds. The average Bonchev–Trinajstić information content (AvgIpc) is 3.52. The van der Waals surface area contributed by atoms with E-state index in [1.54, 1.807) is 6.20 Å². The van der Waals surface area contributed by atoms with Gasteiger partial charge in [-0.15, -0.1) is 0 Å². The number of aliphatic hydroxyl groups is 1. The fourth-order valence-electron chi connectivity index (χ4n) is 4.41. The molecule has 1 aromatic heterocycles. The Balaban J connectivity index is 1.65. The molecule has 0 saturated carbocycles. The van der Waals surface area contributed by atoms with Gasteiger partial charge in [-0.3, -0.25) is 19.2 Å². The van der Waals surface area contributed by atoms with Gasteiger partial charge in [-0.1, -0.05) is 18.2 Å². The Bertz CT molecular complexity index is 1170. The van der Waals surface area contributed by atoms with Gasteiger partial charge in [-0.2, -0.15) is 0 Å². The number of likely N-dealkylation sites (tertiary alicyclic amines) is 1. The summed E-state index contributed by atoms with van der Waals surface area (Å²) in [5.41, 5.74) is 12.9. The minimum atomic E-state index is -1.43. The summed E-state index contributed by atoms with van der Waals surface area (Å²) < 4.78 is 0. The third-order valence-corrected chi connectivity index (χ3v) is 6.38. The van der Waals surface area contributed by atoms with Gasteiger partial charge in [0.05, 0.1) is 12.6 Å². The van der Waals surface area contributed by atoms with Crippen LogP contribution < -0.4 is 22.1 Å². The molecule has 200 valence electrons. The van der Waals surface area contributed by atoms with Crippen molar-refractivity contribution >= 4 is 40.5 Å². The lowest BCUT2D eigenvalue weighted by Gasteiger charge is -2.28. The van der Waals surface area contributed by atoms with Crippen molar-refractivity contribution < 1.29 is 34.2 Å². The summed E-state index contributed by atoms with van der Waals surface area (Å²) in [6, 6.07) is 2.71. The summed E-state index contributed by atoms with van der Waals surface area (Å²) in [5.74, 6) is -4.14. The molecule has 2 aromatic rings. The molecule has 1 saturated heterocycles.